The molecule has 0 unspecified atom stereocenters. The third kappa shape index (κ3) is 2.94. The van der Waals surface area contributed by atoms with Crippen LogP contribution in [0.15, 0.2) is 53.3 Å². The largest absolute Gasteiger partial charge is 0.324 e. The number of H-pyrrole nitrogens is 1. The Labute approximate surface area is 159 Å². The standard InChI is InChI=1S/C21H17F2N3O2/c1-12-9-14(22)3-5-17(12)25-11-26(18-7-8-20(27)24-13(18)2)21(28)16-10-15(23)4-6-19(16)25/h3-10H,11H2,1-2H3,(H,24,27). The van der Waals surface area contributed by atoms with Crippen molar-refractivity contribution >= 4 is 23.0 Å². The van der Waals surface area contributed by atoms with E-state index >= 15 is 0 Å². The molecule has 2 heterocycles. The summed E-state index contributed by atoms with van der Waals surface area (Å²) in [5.74, 6) is -1.26. The molecule has 0 bridgehead atoms. The predicted molar refractivity (Wildman–Crippen MR) is 103 cm³/mol. The summed E-state index contributed by atoms with van der Waals surface area (Å²) in [5.41, 5.74) is 2.89. The van der Waals surface area contributed by atoms with Gasteiger partial charge in [-0.1, -0.05) is 0 Å². The molecule has 4 rings (SSSR count). The summed E-state index contributed by atoms with van der Waals surface area (Å²) in [6.45, 7) is 3.60. The maximum absolute atomic E-state index is 13.9. The van der Waals surface area contributed by atoms with E-state index < -0.39 is 5.82 Å². The summed E-state index contributed by atoms with van der Waals surface area (Å²) in [6.07, 6.45) is 0. The van der Waals surface area contributed by atoms with Crippen LogP contribution in [0.5, 0.6) is 0 Å². The minimum Gasteiger partial charge on any atom is -0.324 e. The molecule has 142 valence electrons. The van der Waals surface area contributed by atoms with Crippen LogP contribution < -0.4 is 15.4 Å². The number of pyridine rings is 1. The SMILES string of the molecule is Cc1cc(F)ccc1N1CN(c2ccc(=O)[nH]c2C)C(=O)c2cc(F)ccc21. The van der Waals surface area contributed by atoms with E-state index in [0.717, 1.165) is 0 Å². The van der Waals surface area contributed by atoms with Crippen molar-refractivity contribution in [2.45, 2.75) is 13.8 Å². The van der Waals surface area contributed by atoms with Crippen molar-refractivity contribution in [2.24, 2.45) is 0 Å². The summed E-state index contributed by atoms with van der Waals surface area (Å²) in [5, 5.41) is 0. The molecular formula is C21H17F2N3O2. The number of aromatic nitrogens is 1. The molecule has 1 amide bonds. The summed E-state index contributed by atoms with van der Waals surface area (Å²) in [4.78, 5) is 30.6. The smallest absolute Gasteiger partial charge is 0.262 e. The number of fused-ring (bicyclic) bond motifs is 1. The Bertz CT molecular complexity index is 1160. The molecule has 1 aromatic heterocycles. The molecule has 1 aliphatic heterocycles. The second-order valence-corrected chi connectivity index (χ2v) is 6.73. The summed E-state index contributed by atoms with van der Waals surface area (Å²) >= 11 is 0. The van der Waals surface area contributed by atoms with Crippen molar-refractivity contribution < 1.29 is 13.6 Å². The molecule has 0 atom stereocenters. The number of hydrogen-bond acceptors (Lipinski definition) is 3. The highest BCUT2D eigenvalue weighted by atomic mass is 19.1. The number of amides is 1. The number of hydrogen-bond donors (Lipinski definition) is 1. The van der Waals surface area contributed by atoms with Crippen LogP contribution in [0.2, 0.25) is 0 Å². The molecular weight excluding hydrogens is 364 g/mol. The predicted octanol–water partition coefficient (Wildman–Crippen LogP) is 4.03. The van der Waals surface area contributed by atoms with Gasteiger partial charge in [-0.2, -0.15) is 0 Å². The van der Waals surface area contributed by atoms with Gasteiger partial charge in [-0.15, -0.1) is 0 Å². The molecule has 7 heteroatoms. The van der Waals surface area contributed by atoms with Gasteiger partial charge >= 0.3 is 0 Å². The summed E-state index contributed by atoms with van der Waals surface area (Å²) < 4.78 is 27.5. The maximum atomic E-state index is 13.9. The van der Waals surface area contributed by atoms with Crippen LogP contribution in [0.3, 0.4) is 0 Å². The molecule has 0 saturated carbocycles. The van der Waals surface area contributed by atoms with Gasteiger partial charge in [0.1, 0.15) is 18.3 Å². The Morgan fingerprint density at radius 2 is 1.46 bits per heavy atom. The van der Waals surface area contributed by atoms with Gasteiger partial charge in [0, 0.05) is 17.4 Å². The second-order valence-electron chi connectivity index (χ2n) is 6.73. The molecule has 1 aliphatic rings. The van der Waals surface area contributed by atoms with Crippen molar-refractivity contribution in [1.82, 2.24) is 4.98 Å². The van der Waals surface area contributed by atoms with Gasteiger partial charge < -0.3 is 9.88 Å². The molecule has 3 aromatic rings. The van der Waals surface area contributed by atoms with Gasteiger partial charge in [0.05, 0.1) is 16.9 Å². The third-order valence-corrected chi connectivity index (χ3v) is 4.84. The van der Waals surface area contributed by atoms with Gasteiger partial charge in [-0.25, -0.2) is 8.78 Å². The fraction of sp³-hybridized carbons (Fsp3) is 0.143. The highest BCUT2D eigenvalue weighted by Crippen LogP contribution is 2.37. The first kappa shape index (κ1) is 17.9. The van der Waals surface area contributed by atoms with Gasteiger partial charge in [0.2, 0.25) is 5.56 Å². The van der Waals surface area contributed by atoms with Crippen LogP contribution in [0.25, 0.3) is 0 Å². The topological polar surface area (TPSA) is 56.4 Å². The average Bonchev–Trinajstić information content (AvgIpc) is 2.64. The van der Waals surface area contributed by atoms with Gasteiger partial charge in [0.15, 0.2) is 0 Å². The highest BCUT2D eigenvalue weighted by molar-refractivity contribution is 6.12. The normalized spacial score (nSPS) is 13.6. The first-order valence-corrected chi connectivity index (χ1v) is 8.70. The Kier molecular flexibility index (Phi) is 4.22. The number of carbonyl (C=O) groups excluding carboxylic acids is 1. The number of halogens is 2. The quantitative estimate of drug-likeness (QED) is 0.729. The Morgan fingerprint density at radius 3 is 2.14 bits per heavy atom. The third-order valence-electron chi connectivity index (χ3n) is 4.84. The van der Waals surface area contributed by atoms with Crippen molar-refractivity contribution in [3.8, 4) is 0 Å². The van der Waals surface area contributed by atoms with Gasteiger partial charge in [-0.05, 0) is 61.9 Å². The lowest BCUT2D eigenvalue weighted by molar-refractivity contribution is 0.0983. The Morgan fingerprint density at radius 1 is 0.821 bits per heavy atom. The van der Waals surface area contributed by atoms with Crippen LogP contribution in [-0.2, 0) is 0 Å². The zero-order valence-electron chi connectivity index (χ0n) is 15.3. The zero-order chi connectivity index (χ0) is 20.0. The van der Waals surface area contributed by atoms with E-state index in [1.165, 1.54) is 35.2 Å². The van der Waals surface area contributed by atoms with Crippen LogP contribution in [0.1, 0.15) is 21.6 Å². The number of aryl methyl sites for hydroxylation is 2. The van der Waals surface area contributed by atoms with Crippen molar-refractivity contribution in [3.63, 3.8) is 0 Å². The highest BCUT2D eigenvalue weighted by Gasteiger charge is 2.32. The molecule has 5 nitrogen and oxygen atoms in total. The van der Waals surface area contributed by atoms with Crippen LogP contribution >= 0.6 is 0 Å². The van der Waals surface area contributed by atoms with E-state index in [9.17, 15) is 18.4 Å². The first-order chi connectivity index (χ1) is 13.3. The molecule has 0 fully saturated rings. The van der Waals surface area contributed by atoms with Gasteiger partial charge in [0.25, 0.3) is 5.91 Å². The van der Waals surface area contributed by atoms with Crippen molar-refractivity contribution in [3.05, 3.63) is 87.3 Å². The van der Waals surface area contributed by atoms with E-state index in [4.69, 9.17) is 0 Å². The zero-order valence-corrected chi connectivity index (χ0v) is 15.3. The van der Waals surface area contributed by atoms with Crippen molar-refractivity contribution in [2.75, 3.05) is 16.5 Å². The van der Waals surface area contributed by atoms with Crippen molar-refractivity contribution in [1.29, 1.82) is 0 Å². The molecule has 0 spiro atoms. The van der Waals surface area contributed by atoms with Crippen LogP contribution in [0.4, 0.5) is 25.8 Å². The van der Waals surface area contributed by atoms with E-state index in [0.29, 0.717) is 28.3 Å². The number of rotatable bonds is 2. The molecule has 2 aromatic carbocycles. The molecule has 28 heavy (non-hydrogen) atoms. The van der Waals surface area contributed by atoms with Crippen LogP contribution in [-0.4, -0.2) is 17.6 Å². The monoisotopic (exact) mass is 381 g/mol. The Hall–Kier alpha value is -3.48. The van der Waals surface area contributed by atoms with E-state index in [1.54, 1.807) is 32.0 Å². The minimum atomic E-state index is -0.525. The number of nitrogens with one attached hydrogen (secondary N) is 1. The second kappa shape index (κ2) is 6.60. The fourth-order valence-electron chi connectivity index (χ4n) is 3.52. The lowest BCUT2D eigenvalue weighted by Gasteiger charge is -2.39. The fourth-order valence-corrected chi connectivity index (χ4v) is 3.52. The van der Waals surface area contributed by atoms with E-state index in [1.807, 2.05) is 4.90 Å². The summed E-state index contributed by atoms with van der Waals surface area (Å²) in [7, 11) is 0. The lowest BCUT2D eigenvalue weighted by atomic mass is 10.0. The molecule has 0 saturated heterocycles. The number of benzene rings is 2. The van der Waals surface area contributed by atoms with Gasteiger partial charge in [-0.3, -0.25) is 14.5 Å². The summed E-state index contributed by atoms with van der Waals surface area (Å²) in [6, 6.07) is 11.3. The molecule has 1 N–H and O–H groups in total. The van der Waals surface area contributed by atoms with Crippen LogP contribution in [0, 0.1) is 25.5 Å². The number of anilines is 3. The minimum absolute atomic E-state index is 0.136. The number of aromatic amines is 1. The number of nitrogens with zero attached hydrogens (tertiary/aromatic N) is 2. The molecule has 0 radical (unpaired) electrons. The first-order valence-electron chi connectivity index (χ1n) is 8.70. The Balaban J connectivity index is 1.90. The van der Waals surface area contributed by atoms with E-state index in [2.05, 4.69) is 4.98 Å². The lowest BCUT2D eigenvalue weighted by Crippen LogP contribution is -2.45. The van der Waals surface area contributed by atoms with E-state index in [-0.39, 0.29) is 29.5 Å². The maximum Gasteiger partial charge on any atom is 0.262 e. The number of carbonyl (C=O) groups is 1. The molecule has 0 aliphatic carbocycles. The average molecular weight is 381 g/mol.